The van der Waals surface area contributed by atoms with E-state index in [1.54, 1.807) is 0 Å². The van der Waals surface area contributed by atoms with Crippen LogP contribution in [0.3, 0.4) is 0 Å². The van der Waals surface area contributed by atoms with Gasteiger partial charge in [-0.2, -0.15) is 0 Å². The maximum absolute atomic E-state index is 16.0. The van der Waals surface area contributed by atoms with E-state index in [9.17, 15) is 18.3 Å². The van der Waals surface area contributed by atoms with Gasteiger partial charge in [0, 0.05) is 0 Å². The summed E-state index contributed by atoms with van der Waals surface area (Å²) < 4.78 is 194. The van der Waals surface area contributed by atoms with E-state index in [1.807, 2.05) is 0 Å². The molecule has 0 aliphatic carbocycles. The normalized spacial score (nSPS) is 38.3. The molecule has 6 fully saturated rings. The number of ether oxygens (including phenoxy) is 4. The summed E-state index contributed by atoms with van der Waals surface area (Å²) in [7, 11) is -20.1. The van der Waals surface area contributed by atoms with Crippen molar-refractivity contribution in [3.63, 3.8) is 0 Å². The third kappa shape index (κ3) is 11.3. The van der Waals surface area contributed by atoms with E-state index < -0.39 is 185 Å². The van der Waals surface area contributed by atoms with Gasteiger partial charge < -0.3 is 96.3 Å². The number of imidazole rings is 4. The van der Waals surface area contributed by atoms with Crippen molar-refractivity contribution in [2.75, 3.05) is 49.4 Å². The summed E-state index contributed by atoms with van der Waals surface area (Å²) in [5.41, 5.74) is 25.2. The summed E-state index contributed by atoms with van der Waals surface area (Å²) >= 11 is 0. The maximum atomic E-state index is 16.0. The molecule has 20 atom stereocenters. The number of hydrogen-bond donors (Lipinski definition) is 4. The van der Waals surface area contributed by atoms with E-state index in [4.69, 9.17) is 78.1 Å². The molecule has 88 heavy (non-hydrogen) atoms. The largest absolute Gasteiger partial charge is 0.382 e. The average Bonchev–Trinajstić information content (AvgIpc) is 3.47. The number of aromatic nitrogens is 16. The van der Waals surface area contributed by atoms with Crippen molar-refractivity contribution in [3.05, 3.63) is 50.6 Å². The van der Waals surface area contributed by atoms with Crippen LogP contribution < -0.4 is 22.9 Å². The van der Waals surface area contributed by atoms with Crippen LogP contribution in [0, 0.1) is 0 Å². The zero-order chi connectivity index (χ0) is 61.9. The highest BCUT2D eigenvalue weighted by molar-refractivity contribution is 7.80. The molecule has 8 N–H and O–H groups in total. The monoisotopic (exact) mass is 1310 g/mol. The van der Waals surface area contributed by atoms with Gasteiger partial charge in [-0.25, -0.2) is 77.4 Å². The zero-order valence-corrected chi connectivity index (χ0v) is 45.6. The van der Waals surface area contributed by atoms with Gasteiger partial charge in [0.15, 0.2) is 95.5 Å². The van der Waals surface area contributed by atoms with Crippen molar-refractivity contribution >= 4 is 128 Å². The predicted molar refractivity (Wildman–Crippen MR) is 308 cm³/mol. The number of alkyl halides is 4. The van der Waals surface area contributed by atoms with Crippen LogP contribution in [0.4, 0.5) is 40.8 Å². The molecule has 0 saturated carbocycles. The minimum absolute atomic E-state index is 0.0910. The summed E-state index contributed by atoms with van der Waals surface area (Å²) in [5, 5.41) is 0. The second-order valence-corrected chi connectivity index (χ2v) is 22.4. The van der Waals surface area contributed by atoms with Crippen LogP contribution in [0.2, 0.25) is 0 Å². The molecular formula is C40H52B4F4N20O16P4-4. The van der Waals surface area contributed by atoms with Gasteiger partial charge in [0.1, 0.15) is 126 Å². The predicted octanol–water partition coefficient (Wildman–Crippen LogP) is -1.87. The average molecular weight is 1310 g/mol. The summed E-state index contributed by atoms with van der Waals surface area (Å²) in [6, 6.07) is 0. The van der Waals surface area contributed by atoms with E-state index in [2.05, 4.69) is 59.8 Å². The van der Waals surface area contributed by atoms with Crippen molar-refractivity contribution in [1.82, 2.24) is 78.1 Å². The molecule has 0 spiro atoms. The van der Waals surface area contributed by atoms with E-state index in [-0.39, 0.29) is 67.9 Å². The van der Waals surface area contributed by atoms with Gasteiger partial charge >= 0.3 is 0 Å². The number of hydrogen-bond acceptors (Lipinski definition) is 32. The van der Waals surface area contributed by atoms with Gasteiger partial charge in [-0.15, -0.1) is 0 Å². The highest BCUT2D eigenvalue weighted by Crippen LogP contribution is 2.56. The summed E-state index contributed by atoms with van der Waals surface area (Å²) in [5.74, 6) is 0.364. The zero-order valence-electron chi connectivity index (χ0n) is 42.0. The van der Waals surface area contributed by atoms with Gasteiger partial charge in [0.2, 0.25) is 0 Å². The first kappa shape index (κ1) is 60.7. The van der Waals surface area contributed by atoms with Gasteiger partial charge in [0.05, 0.1) is 82.0 Å². The van der Waals surface area contributed by atoms with Crippen LogP contribution in [0.25, 0.3) is 44.7 Å². The lowest BCUT2D eigenvalue weighted by Gasteiger charge is -2.33. The first-order valence-corrected chi connectivity index (χ1v) is 29.0. The fraction of sp³-hybridized carbons (Fsp3) is 0.500. The Morgan fingerprint density at radius 2 is 0.568 bits per heavy atom. The molecule has 14 heterocycles. The van der Waals surface area contributed by atoms with Crippen molar-refractivity contribution in [3.8, 4) is 0 Å². The first-order chi connectivity index (χ1) is 41.8. The van der Waals surface area contributed by atoms with Gasteiger partial charge in [-0.3, -0.25) is 18.3 Å². The van der Waals surface area contributed by atoms with Gasteiger partial charge in [-0.05, 0) is 0 Å². The quantitative estimate of drug-likeness (QED) is 0.0852. The number of rotatable bonds is 4. The smallest absolute Gasteiger partial charge is 0.174 e. The topological polar surface area (TPSA) is 458 Å². The second kappa shape index (κ2) is 22.9. The van der Waals surface area contributed by atoms with Crippen molar-refractivity contribution < 1.29 is 91.0 Å². The molecule has 6 aliphatic heterocycles. The molecule has 8 unspecified atom stereocenters. The molecule has 6 saturated heterocycles. The molecule has 6 aliphatic rings. The molecule has 0 aromatic carbocycles. The lowest BCUT2D eigenvalue weighted by molar-refractivity contribution is -0.0548. The van der Waals surface area contributed by atoms with E-state index in [0.717, 1.165) is 0 Å². The van der Waals surface area contributed by atoms with Gasteiger partial charge in [0.25, 0.3) is 0 Å². The Kier molecular flexibility index (Phi) is 15.8. The molecule has 48 heteroatoms. The Morgan fingerprint density at radius 1 is 0.364 bits per heavy atom. The molecule has 472 valence electrons. The van der Waals surface area contributed by atoms with Crippen LogP contribution in [0.15, 0.2) is 50.6 Å². The van der Waals surface area contributed by atoms with Crippen molar-refractivity contribution in [2.24, 2.45) is 0 Å². The number of anilines is 4. The maximum Gasteiger partial charge on any atom is 0.174 e. The van der Waals surface area contributed by atoms with E-state index in [1.165, 1.54) is 68.9 Å². The third-order valence-electron chi connectivity index (χ3n) is 13.9. The Labute approximate surface area is 494 Å². The number of fused-ring (bicyclic) bond motifs is 8. The number of halogens is 4. The lowest BCUT2D eigenvalue weighted by Crippen LogP contribution is -2.37. The van der Waals surface area contributed by atoms with Crippen molar-refractivity contribution in [2.45, 2.75) is 98.4 Å². The summed E-state index contributed by atoms with van der Waals surface area (Å²) in [6.45, 7) is -1.81. The fourth-order valence-corrected chi connectivity index (χ4v) is 13.1. The SMILES string of the molecule is [BH3-]P1(=O)OC[C@H]2O[C@@H](n3cnc4c(N)ncnc43)C(F)[C@H]2OP([BH3-])(=O)OC[C@H]2O[C@@H](n3cnc4c(N)ncnc43)[C@@H](F)C2O1.[BH3-]P1(=O)OC[C@H]2O[C@@H](n3cnc4c(N)ncnc43)C(F)[C@H]2OP([BH3-])(=O)OC[C@H]2O[C@@H](n3cnc4c(N)ncnc43)[C@@H](F)C2O1. The highest BCUT2D eigenvalue weighted by atomic mass is 31.2. The van der Waals surface area contributed by atoms with Crippen LogP contribution in [0.5, 0.6) is 0 Å². The Morgan fingerprint density at radius 3 is 0.773 bits per heavy atom. The highest BCUT2D eigenvalue weighted by Gasteiger charge is 2.55. The minimum Gasteiger partial charge on any atom is -0.382 e. The van der Waals surface area contributed by atoms with E-state index >= 15 is 17.6 Å². The molecule has 0 radical (unpaired) electrons. The van der Waals surface area contributed by atoms with Crippen molar-refractivity contribution in [1.29, 1.82) is 0 Å². The summed E-state index contributed by atoms with van der Waals surface area (Å²) in [6.07, 6.45) is -13.3. The Bertz CT molecular complexity index is 3680. The molecule has 36 nitrogen and oxygen atoms in total. The Hall–Kier alpha value is -6.18. The first-order valence-electron chi connectivity index (χ1n) is 24.6. The minimum atomic E-state index is -3.80. The lowest BCUT2D eigenvalue weighted by atomic mass is 10.1. The molecule has 14 rings (SSSR count). The number of nitrogen functional groups attached to an aromatic ring is 4. The second-order valence-electron chi connectivity index (χ2n) is 18.7. The molecular weight excluding hydrogens is 1260 g/mol. The molecule has 0 bridgehead atoms. The van der Waals surface area contributed by atoms with Crippen LogP contribution in [-0.2, 0) is 73.4 Å². The van der Waals surface area contributed by atoms with Crippen LogP contribution in [0.1, 0.15) is 24.9 Å². The van der Waals surface area contributed by atoms with Crippen LogP contribution >= 0.6 is 29.9 Å². The molecule has 8 aromatic rings. The van der Waals surface area contributed by atoms with E-state index in [0.29, 0.717) is 0 Å². The van der Waals surface area contributed by atoms with Gasteiger partial charge in [-0.1, -0.05) is 0 Å². The number of nitrogens with two attached hydrogens (primary N) is 4. The summed E-state index contributed by atoms with van der Waals surface area (Å²) in [4.78, 5) is 48.6. The third-order valence-corrected chi connectivity index (χ3v) is 17.0. The molecule has 8 aromatic heterocycles. The standard InChI is InChI=1S/2C20H26B2F2N10O8P2/c2*21-43(35)37-1-7-13(9(23)19(39-7)33-5-31-11-15(25)27-3-29-17(11)33)41-44(22,36)38-2-8-14(42-43)10(24)20(40-8)34-6-32-12-16(26)28-4-30-18(12)34/h2*3-10,13-14,19-20H,1-2H2,21-22H3,(H2,25,27,29)(H2,26,28,30)/q2*-2/t2*7-,8-,9+,10?,13?,14+,19-,20-,43?,44?/m11/s1. The van der Waals surface area contributed by atoms with Crippen LogP contribution in [-0.4, -0.2) is 208 Å². The molecule has 0 amide bonds. The Balaban J connectivity index is 0.000000162. The number of nitrogens with zero attached hydrogens (tertiary/aromatic N) is 16. The fourth-order valence-electron chi connectivity index (χ4n) is 9.99.